The molecule has 3 N–H and O–H groups in total. The third kappa shape index (κ3) is 3.90. The molecule has 3 rings (SSSR count). The van der Waals surface area contributed by atoms with Crippen LogP contribution in [-0.2, 0) is 0 Å². The number of nitrogens with one attached hydrogen (secondary N) is 1. The van der Waals surface area contributed by atoms with Crippen LogP contribution in [-0.4, -0.2) is 23.8 Å². The molecule has 0 radical (unpaired) electrons. The number of amides is 1. The van der Waals surface area contributed by atoms with E-state index in [0.717, 1.165) is 10.9 Å². The average Bonchev–Trinajstić information content (AvgIpc) is 2.67. The molecule has 130 valence electrons. The summed E-state index contributed by atoms with van der Waals surface area (Å²) in [5.41, 5.74) is 8.44. The van der Waals surface area contributed by atoms with Gasteiger partial charge in [-0.15, -0.1) is 0 Å². The Morgan fingerprint density at radius 1 is 1.19 bits per heavy atom. The number of nitrogens with two attached hydrogens (primary N) is 1. The van der Waals surface area contributed by atoms with Crippen LogP contribution in [0, 0.1) is 0 Å². The number of aromatic nitrogens is 1. The molecule has 1 aromatic heterocycles. The number of carbonyl (C=O) groups excluding carboxylic acids is 1. The largest absolute Gasteiger partial charge is 0.398 e. The van der Waals surface area contributed by atoms with Crippen molar-refractivity contribution in [3.05, 3.63) is 83.0 Å². The van der Waals surface area contributed by atoms with Gasteiger partial charge in [0.1, 0.15) is 5.84 Å². The lowest BCUT2D eigenvalue weighted by molar-refractivity contribution is 0.0977. The highest BCUT2D eigenvalue weighted by Gasteiger charge is 2.13. The molecule has 6 heteroatoms. The Morgan fingerprint density at radius 2 is 1.96 bits per heavy atom. The van der Waals surface area contributed by atoms with E-state index in [2.05, 4.69) is 15.3 Å². The van der Waals surface area contributed by atoms with Gasteiger partial charge < -0.3 is 11.1 Å². The Bertz CT molecular complexity index is 1010. The first-order valence-corrected chi connectivity index (χ1v) is 8.31. The maximum absolute atomic E-state index is 12.6. The lowest BCUT2D eigenvalue weighted by Gasteiger charge is -2.09. The minimum Gasteiger partial charge on any atom is -0.398 e. The third-order valence-corrected chi connectivity index (χ3v) is 4.13. The quantitative estimate of drug-likeness (QED) is 0.550. The highest BCUT2D eigenvalue weighted by atomic mass is 35.5. The van der Waals surface area contributed by atoms with Crippen LogP contribution in [0.4, 0.5) is 0 Å². The summed E-state index contributed by atoms with van der Waals surface area (Å²) >= 11 is 6.26. The fourth-order valence-corrected chi connectivity index (χ4v) is 2.73. The predicted molar refractivity (Wildman–Crippen MR) is 106 cm³/mol. The van der Waals surface area contributed by atoms with Gasteiger partial charge in [-0.2, -0.15) is 0 Å². The summed E-state index contributed by atoms with van der Waals surface area (Å²) in [5, 5.41) is 3.94. The molecule has 1 amide bonds. The first-order valence-electron chi connectivity index (χ1n) is 7.93. The van der Waals surface area contributed by atoms with Gasteiger partial charge >= 0.3 is 0 Å². The summed E-state index contributed by atoms with van der Waals surface area (Å²) in [6, 6.07) is 16.5. The van der Waals surface area contributed by atoms with Crippen molar-refractivity contribution in [1.82, 2.24) is 10.3 Å². The zero-order valence-corrected chi connectivity index (χ0v) is 14.9. The van der Waals surface area contributed by atoms with Crippen LogP contribution in [0.15, 0.2) is 71.9 Å². The number of carbonyl (C=O) groups is 1. The average molecular weight is 365 g/mol. The standard InChI is InChI=1S/C20H17ClN4O/c1-23-19(12-17(22)13-6-3-2-4-7-13)25-20(26)15-11-18-14(10-16(15)21)8-5-9-24-18/h2-12H,22H2,1H3,(H,23,25,26)/b17-12-. The van der Waals surface area contributed by atoms with Gasteiger partial charge in [-0.1, -0.05) is 48.0 Å². The molecule has 3 aromatic rings. The van der Waals surface area contributed by atoms with E-state index in [-0.39, 0.29) is 5.91 Å². The van der Waals surface area contributed by atoms with Gasteiger partial charge in [-0.25, -0.2) is 0 Å². The highest BCUT2D eigenvalue weighted by Crippen LogP contribution is 2.22. The smallest absolute Gasteiger partial charge is 0.258 e. The Labute approximate surface area is 156 Å². The zero-order chi connectivity index (χ0) is 18.5. The molecule has 0 aliphatic rings. The molecule has 0 saturated heterocycles. The number of benzene rings is 2. The van der Waals surface area contributed by atoms with Crippen molar-refractivity contribution < 1.29 is 4.79 Å². The van der Waals surface area contributed by atoms with Crippen molar-refractivity contribution in [3.8, 4) is 0 Å². The van der Waals surface area contributed by atoms with Crippen molar-refractivity contribution >= 4 is 39.9 Å². The Balaban J connectivity index is 1.85. The van der Waals surface area contributed by atoms with Gasteiger partial charge in [0.05, 0.1) is 16.1 Å². The second-order valence-corrected chi connectivity index (χ2v) is 5.96. The number of hydrogen-bond acceptors (Lipinski definition) is 4. The van der Waals surface area contributed by atoms with E-state index in [1.54, 1.807) is 31.5 Å². The van der Waals surface area contributed by atoms with Crippen molar-refractivity contribution in [1.29, 1.82) is 0 Å². The molecule has 0 saturated carbocycles. The summed E-state index contributed by atoms with van der Waals surface area (Å²) in [7, 11) is 1.58. The second kappa shape index (κ2) is 7.80. The van der Waals surface area contributed by atoms with Crippen LogP contribution in [0.2, 0.25) is 5.02 Å². The van der Waals surface area contributed by atoms with Gasteiger partial charge in [0.15, 0.2) is 0 Å². The fourth-order valence-electron chi connectivity index (χ4n) is 2.47. The van der Waals surface area contributed by atoms with Gasteiger partial charge in [0.2, 0.25) is 0 Å². The summed E-state index contributed by atoms with van der Waals surface area (Å²) < 4.78 is 0. The van der Waals surface area contributed by atoms with E-state index in [1.807, 2.05) is 42.5 Å². The van der Waals surface area contributed by atoms with E-state index < -0.39 is 0 Å². The van der Waals surface area contributed by atoms with Crippen LogP contribution in [0.3, 0.4) is 0 Å². The molecule has 2 aromatic carbocycles. The highest BCUT2D eigenvalue weighted by molar-refractivity contribution is 6.35. The number of aliphatic imine (C=N–C) groups is 1. The summed E-state index contributed by atoms with van der Waals surface area (Å²) in [4.78, 5) is 21.0. The van der Waals surface area contributed by atoms with Crippen molar-refractivity contribution in [2.45, 2.75) is 0 Å². The molecule has 26 heavy (non-hydrogen) atoms. The normalized spacial score (nSPS) is 12.2. The third-order valence-electron chi connectivity index (χ3n) is 3.82. The molecule has 0 spiro atoms. The van der Waals surface area contributed by atoms with E-state index in [9.17, 15) is 4.79 Å². The van der Waals surface area contributed by atoms with Gasteiger partial charge in [0, 0.05) is 30.4 Å². The lowest BCUT2D eigenvalue weighted by Crippen LogP contribution is -2.30. The molecule has 1 heterocycles. The zero-order valence-electron chi connectivity index (χ0n) is 14.1. The Hall–Kier alpha value is -3.18. The summed E-state index contributed by atoms with van der Waals surface area (Å²) in [6.07, 6.45) is 3.28. The molecule has 0 atom stereocenters. The van der Waals surface area contributed by atoms with Crippen LogP contribution in [0.1, 0.15) is 15.9 Å². The molecule has 0 aliphatic carbocycles. The van der Waals surface area contributed by atoms with E-state index in [1.165, 1.54) is 0 Å². The monoisotopic (exact) mass is 364 g/mol. The molecular formula is C20H17ClN4O. The van der Waals surface area contributed by atoms with Crippen molar-refractivity contribution in [3.63, 3.8) is 0 Å². The number of pyridine rings is 1. The molecule has 0 bridgehead atoms. The maximum Gasteiger partial charge on any atom is 0.258 e. The molecule has 0 aliphatic heterocycles. The van der Waals surface area contributed by atoms with Gasteiger partial charge in [0.25, 0.3) is 5.91 Å². The topological polar surface area (TPSA) is 80.4 Å². The summed E-state index contributed by atoms with van der Waals surface area (Å²) in [5.74, 6) is -0.0335. The minimum absolute atomic E-state index is 0.325. The maximum atomic E-state index is 12.6. The summed E-state index contributed by atoms with van der Waals surface area (Å²) in [6.45, 7) is 0. The first kappa shape index (κ1) is 17.6. The van der Waals surface area contributed by atoms with E-state index >= 15 is 0 Å². The van der Waals surface area contributed by atoms with Crippen LogP contribution in [0.25, 0.3) is 16.6 Å². The molecule has 0 unspecified atom stereocenters. The number of fused-ring (bicyclic) bond motifs is 1. The number of hydrogen-bond donors (Lipinski definition) is 2. The van der Waals surface area contributed by atoms with Crippen molar-refractivity contribution in [2.75, 3.05) is 7.05 Å². The Morgan fingerprint density at radius 3 is 2.69 bits per heavy atom. The van der Waals surface area contributed by atoms with E-state index in [4.69, 9.17) is 17.3 Å². The Kier molecular flexibility index (Phi) is 5.29. The number of nitrogens with zero attached hydrogens (tertiary/aromatic N) is 2. The number of halogens is 1. The molecule has 5 nitrogen and oxygen atoms in total. The number of rotatable bonds is 3. The van der Waals surface area contributed by atoms with Crippen LogP contribution < -0.4 is 11.1 Å². The second-order valence-electron chi connectivity index (χ2n) is 5.56. The van der Waals surface area contributed by atoms with Crippen LogP contribution >= 0.6 is 11.6 Å². The van der Waals surface area contributed by atoms with Crippen LogP contribution in [0.5, 0.6) is 0 Å². The first-order chi connectivity index (χ1) is 12.6. The lowest BCUT2D eigenvalue weighted by atomic mass is 10.1. The molecular weight excluding hydrogens is 348 g/mol. The van der Waals surface area contributed by atoms with Gasteiger partial charge in [-0.3, -0.25) is 14.8 Å². The minimum atomic E-state index is -0.375. The van der Waals surface area contributed by atoms with Gasteiger partial charge in [-0.05, 0) is 23.8 Å². The molecule has 0 fully saturated rings. The van der Waals surface area contributed by atoms with Crippen molar-refractivity contribution in [2.24, 2.45) is 10.7 Å². The SMILES string of the molecule is CN=C(/C=C(\N)c1ccccc1)NC(=O)c1cc2ncccc2cc1Cl. The predicted octanol–water partition coefficient (Wildman–Crippen LogP) is 3.65. The fraction of sp³-hybridized carbons (Fsp3) is 0.0500. The number of amidine groups is 1. The van der Waals surface area contributed by atoms with E-state index in [0.29, 0.717) is 27.6 Å².